The lowest BCUT2D eigenvalue weighted by Gasteiger charge is -2.20. The zero-order chi connectivity index (χ0) is 20.7. The zero-order valence-corrected chi connectivity index (χ0v) is 16.7. The van der Waals surface area contributed by atoms with Crippen LogP contribution in [0.1, 0.15) is 40.8 Å². The fraction of sp³-hybridized carbons (Fsp3) is 0.300. The number of ether oxygens (including phenoxy) is 1. The lowest BCUT2D eigenvalue weighted by atomic mass is 10.0. The van der Waals surface area contributed by atoms with Gasteiger partial charge in [-0.1, -0.05) is 32.0 Å². The van der Waals surface area contributed by atoms with Gasteiger partial charge in [0.05, 0.1) is 10.6 Å². The van der Waals surface area contributed by atoms with Crippen LogP contribution in [0.4, 0.5) is 5.69 Å². The van der Waals surface area contributed by atoms with Crippen molar-refractivity contribution in [2.45, 2.75) is 26.8 Å². The van der Waals surface area contributed by atoms with Crippen LogP contribution in [0.2, 0.25) is 0 Å². The van der Waals surface area contributed by atoms with Gasteiger partial charge in [-0.2, -0.15) is 0 Å². The van der Waals surface area contributed by atoms with E-state index in [0.717, 1.165) is 0 Å². The summed E-state index contributed by atoms with van der Waals surface area (Å²) < 4.78 is 5.07. The summed E-state index contributed by atoms with van der Waals surface area (Å²) in [4.78, 5) is 48.7. The van der Waals surface area contributed by atoms with Gasteiger partial charge in [0.1, 0.15) is 6.04 Å². The van der Waals surface area contributed by atoms with Crippen LogP contribution in [-0.4, -0.2) is 36.2 Å². The molecule has 1 heterocycles. The molecule has 0 saturated carbocycles. The van der Waals surface area contributed by atoms with Gasteiger partial charge in [0.2, 0.25) is 0 Å². The average molecular weight is 402 g/mol. The molecule has 0 aliphatic heterocycles. The molecule has 0 aliphatic rings. The van der Waals surface area contributed by atoms with Crippen molar-refractivity contribution < 1.29 is 23.9 Å². The average Bonchev–Trinajstić information content (AvgIpc) is 3.19. The van der Waals surface area contributed by atoms with E-state index in [2.05, 4.69) is 10.6 Å². The predicted octanol–water partition coefficient (Wildman–Crippen LogP) is 2.89. The second-order valence-corrected chi connectivity index (χ2v) is 7.38. The van der Waals surface area contributed by atoms with Crippen LogP contribution >= 0.6 is 11.3 Å². The van der Waals surface area contributed by atoms with E-state index in [1.165, 1.54) is 18.3 Å². The molecule has 7 nitrogen and oxygen atoms in total. The Morgan fingerprint density at radius 3 is 2.39 bits per heavy atom. The van der Waals surface area contributed by atoms with Gasteiger partial charge in [-0.25, -0.2) is 4.79 Å². The highest BCUT2D eigenvalue weighted by Crippen LogP contribution is 2.15. The number of benzene rings is 1. The number of esters is 1. The maximum absolute atomic E-state index is 12.4. The maximum atomic E-state index is 12.4. The molecule has 0 fully saturated rings. The molecule has 0 unspecified atom stereocenters. The Labute approximate surface area is 167 Å². The first kappa shape index (κ1) is 21.3. The van der Waals surface area contributed by atoms with Crippen LogP contribution < -0.4 is 10.6 Å². The quantitative estimate of drug-likeness (QED) is 0.522. The molecule has 2 amide bonds. The number of para-hydroxylation sites is 1. The van der Waals surface area contributed by atoms with Gasteiger partial charge in [-0.15, -0.1) is 11.3 Å². The van der Waals surface area contributed by atoms with E-state index in [9.17, 15) is 19.2 Å². The molecule has 2 rings (SSSR count). The van der Waals surface area contributed by atoms with E-state index in [4.69, 9.17) is 4.74 Å². The smallest absolute Gasteiger partial charge is 0.329 e. The molecule has 0 radical (unpaired) electrons. The third kappa shape index (κ3) is 5.75. The molecule has 0 aliphatic carbocycles. The molecule has 8 heteroatoms. The number of carbonyl (C=O) groups is 4. The van der Waals surface area contributed by atoms with Crippen LogP contribution in [0.3, 0.4) is 0 Å². The molecule has 1 atom stereocenters. The van der Waals surface area contributed by atoms with Crippen LogP contribution in [0, 0.1) is 5.92 Å². The van der Waals surface area contributed by atoms with Crippen molar-refractivity contribution in [3.63, 3.8) is 0 Å². The van der Waals surface area contributed by atoms with Crippen molar-refractivity contribution >= 4 is 40.6 Å². The standard InChI is InChI=1S/C20H22N2O5S/c1-12(2)18(22-19(25)16-9-6-10-28-16)20(26)27-11-17(24)21-15-8-5-4-7-14(15)13(3)23/h4-10,12,18H,11H2,1-3H3,(H,21,24)(H,22,25)/t18-/m1/s1. The van der Waals surface area contributed by atoms with Gasteiger partial charge < -0.3 is 15.4 Å². The van der Waals surface area contributed by atoms with Crippen molar-refractivity contribution in [1.82, 2.24) is 5.32 Å². The Balaban J connectivity index is 1.94. The number of rotatable bonds is 8. The van der Waals surface area contributed by atoms with Crippen molar-refractivity contribution in [3.05, 3.63) is 52.2 Å². The molecule has 148 valence electrons. The minimum atomic E-state index is -0.882. The second kappa shape index (κ2) is 9.80. The first-order valence-corrected chi connectivity index (χ1v) is 9.58. The fourth-order valence-corrected chi connectivity index (χ4v) is 3.06. The minimum absolute atomic E-state index is 0.191. The Morgan fingerprint density at radius 2 is 1.79 bits per heavy atom. The summed E-state index contributed by atoms with van der Waals surface area (Å²) in [5, 5.41) is 6.96. The summed E-state index contributed by atoms with van der Waals surface area (Å²) in [6.45, 7) is 4.41. The van der Waals surface area contributed by atoms with Crippen LogP contribution in [0.25, 0.3) is 0 Å². The second-order valence-electron chi connectivity index (χ2n) is 6.43. The molecular weight excluding hydrogens is 380 g/mol. The summed E-state index contributed by atoms with van der Waals surface area (Å²) in [7, 11) is 0. The van der Waals surface area contributed by atoms with Gasteiger partial charge in [0, 0.05) is 5.56 Å². The van der Waals surface area contributed by atoms with Gasteiger partial charge in [0.25, 0.3) is 11.8 Å². The number of nitrogens with one attached hydrogen (secondary N) is 2. The molecule has 0 saturated heterocycles. The maximum Gasteiger partial charge on any atom is 0.329 e. The third-order valence-corrected chi connectivity index (χ3v) is 4.75. The summed E-state index contributed by atoms with van der Waals surface area (Å²) in [5.74, 6) is -2.06. The zero-order valence-electron chi connectivity index (χ0n) is 15.9. The summed E-state index contributed by atoms with van der Waals surface area (Å²) in [6, 6.07) is 9.08. The SMILES string of the molecule is CC(=O)c1ccccc1NC(=O)COC(=O)[C@H](NC(=O)c1cccs1)C(C)C. The normalized spacial score (nSPS) is 11.6. The van der Waals surface area contributed by atoms with Gasteiger partial charge in [-0.05, 0) is 36.4 Å². The Hall–Kier alpha value is -3.00. The van der Waals surface area contributed by atoms with Gasteiger partial charge in [0.15, 0.2) is 12.4 Å². The lowest BCUT2D eigenvalue weighted by molar-refractivity contribution is -0.150. The number of carbonyl (C=O) groups excluding carboxylic acids is 4. The number of anilines is 1. The third-order valence-electron chi connectivity index (χ3n) is 3.88. The van der Waals surface area contributed by atoms with Crippen LogP contribution in [0.5, 0.6) is 0 Å². The first-order valence-electron chi connectivity index (χ1n) is 8.70. The van der Waals surface area contributed by atoms with Gasteiger partial charge in [-0.3, -0.25) is 14.4 Å². The number of thiophene rings is 1. The Kier molecular flexibility index (Phi) is 7.45. The monoisotopic (exact) mass is 402 g/mol. The molecule has 1 aromatic carbocycles. The summed E-state index contributed by atoms with van der Waals surface area (Å²) in [5.41, 5.74) is 0.716. The van der Waals surface area contributed by atoms with E-state index >= 15 is 0 Å². The highest BCUT2D eigenvalue weighted by molar-refractivity contribution is 7.12. The number of Topliss-reactive ketones (excluding diaryl/α,β-unsaturated/α-hetero) is 1. The molecule has 2 N–H and O–H groups in total. The molecule has 2 aromatic rings. The fourth-order valence-electron chi connectivity index (χ4n) is 2.43. The minimum Gasteiger partial charge on any atom is -0.454 e. The molecule has 1 aromatic heterocycles. The molecule has 28 heavy (non-hydrogen) atoms. The highest BCUT2D eigenvalue weighted by atomic mass is 32.1. The molecular formula is C20H22N2O5S. The number of amides is 2. The summed E-state index contributed by atoms with van der Waals surface area (Å²) in [6.07, 6.45) is 0. The lowest BCUT2D eigenvalue weighted by Crippen LogP contribution is -2.45. The highest BCUT2D eigenvalue weighted by Gasteiger charge is 2.27. The number of hydrogen-bond donors (Lipinski definition) is 2. The summed E-state index contributed by atoms with van der Waals surface area (Å²) >= 11 is 1.26. The first-order chi connectivity index (χ1) is 13.3. The largest absolute Gasteiger partial charge is 0.454 e. The number of ketones is 1. The van der Waals surface area contributed by atoms with Crippen molar-refractivity contribution in [2.24, 2.45) is 5.92 Å². The van der Waals surface area contributed by atoms with Crippen LogP contribution in [-0.2, 0) is 14.3 Å². The van der Waals surface area contributed by atoms with Crippen molar-refractivity contribution in [1.29, 1.82) is 0 Å². The van der Waals surface area contributed by atoms with Crippen LogP contribution in [0.15, 0.2) is 41.8 Å². The van der Waals surface area contributed by atoms with E-state index in [1.807, 2.05) is 0 Å². The number of hydrogen-bond acceptors (Lipinski definition) is 6. The van der Waals surface area contributed by atoms with Gasteiger partial charge >= 0.3 is 5.97 Å². The van der Waals surface area contributed by atoms with E-state index in [-0.39, 0.29) is 17.6 Å². The molecule has 0 bridgehead atoms. The van der Waals surface area contributed by atoms with E-state index in [0.29, 0.717) is 16.1 Å². The van der Waals surface area contributed by atoms with E-state index < -0.39 is 24.5 Å². The predicted molar refractivity (Wildman–Crippen MR) is 106 cm³/mol. The Morgan fingerprint density at radius 1 is 1.07 bits per heavy atom. The van der Waals surface area contributed by atoms with E-state index in [1.54, 1.807) is 55.6 Å². The topological polar surface area (TPSA) is 102 Å². The van der Waals surface area contributed by atoms with Crippen molar-refractivity contribution in [3.8, 4) is 0 Å². The molecule has 0 spiro atoms. The van der Waals surface area contributed by atoms with Crippen molar-refractivity contribution in [2.75, 3.05) is 11.9 Å². The Bertz CT molecular complexity index is 861.